The summed E-state index contributed by atoms with van der Waals surface area (Å²) in [5, 5.41) is 2.98. The highest BCUT2D eigenvalue weighted by Crippen LogP contribution is 2.36. The molecule has 3 aromatic carbocycles. The zero-order valence-corrected chi connectivity index (χ0v) is 18.1. The minimum absolute atomic E-state index is 0.131. The lowest BCUT2D eigenvalue weighted by Gasteiger charge is -2.19. The van der Waals surface area contributed by atoms with Crippen molar-refractivity contribution in [1.29, 1.82) is 0 Å². The number of nitrogens with one attached hydrogen (secondary N) is 1. The Morgan fingerprint density at radius 2 is 1.61 bits per heavy atom. The molecule has 6 nitrogen and oxygen atoms in total. The van der Waals surface area contributed by atoms with E-state index < -0.39 is 18.0 Å². The summed E-state index contributed by atoms with van der Waals surface area (Å²) in [5.74, 6) is -0.620. The Kier molecular flexibility index (Phi) is 7.15. The second kappa shape index (κ2) is 10.00. The fourth-order valence-corrected chi connectivity index (χ4v) is 3.24. The number of aryl methyl sites for hydroxylation is 1. The molecule has 0 aliphatic carbocycles. The summed E-state index contributed by atoms with van der Waals surface area (Å²) in [6, 6.07) is 19.0. The van der Waals surface area contributed by atoms with Gasteiger partial charge in [0.25, 0.3) is 5.91 Å². The molecular formula is C24H22ClNO5. The zero-order chi connectivity index (χ0) is 22.4. The minimum Gasteiger partial charge on any atom is -0.493 e. The van der Waals surface area contributed by atoms with Crippen molar-refractivity contribution in [3.63, 3.8) is 0 Å². The van der Waals surface area contributed by atoms with Crippen LogP contribution in [0.4, 0.5) is 5.69 Å². The van der Waals surface area contributed by atoms with E-state index in [4.69, 9.17) is 25.8 Å². The largest absolute Gasteiger partial charge is 0.493 e. The molecule has 1 amide bonds. The lowest BCUT2D eigenvalue weighted by Crippen LogP contribution is -2.26. The molecule has 1 atom stereocenters. The quantitative estimate of drug-likeness (QED) is 0.512. The predicted octanol–water partition coefficient (Wildman–Crippen LogP) is 5.20. The van der Waals surface area contributed by atoms with Crippen LogP contribution in [0.25, 0.3) is 0 Å². The molecule has 1 N–H and O–H groups in total. The van der Waals surface area contributed by atoms with E-state index in [1.54, 1.807) is 36.4 Å². The SMILES string of the molecule is COc1cc(C(=O)OC(C(=O)Nc2ccc(C)cc2)c2ccccc2)cc(Cl)c1OC. The first-order valence-electron chi connectivity index (χ1n) is 9.48. The summed E-state index contributed by atoms with van der Waals surface area (Å²) >= 11 is 6.20. The fourth-order valence-electron chi connectivity index (χ4n) is 2.96. The van der Waals surface area contributed by atoms with Crippen molar-refractivity contribution in [2.45, 2.75) is 13.0 Å². The van der Waals surface area contributed by atoms with Crippen LogP contribution in [0.5, 0.6) is 11.5 Å². The van der Waals surface area contributed by atoms with Crippen molar-refractivity contribution in [2.75, 3.05) is 19.5 Å². The summed E-state index contributed by atoms with van der Waals surface area (Å²) in [7, 11) is 2.88. The second-order valence-electron chi connectivity index (χ2n) is 6.74. The van der Waals surface area contributed by atoms with E-state index in [1.165, 1.54) is 26.4 Å². The van der Waals surface area contributed by atoms with Gasteiger partial charge >= 0.3 is 5.97 Å². The monoisotopic (exact) mass is 439 g/mol. The van der Waals surface area contributed by atoms with Gasteiger partial charge in [-0.2, -0.15) is 0 Å². The van der Waals surface area contributed by atoms with Crippen molar-refractivity contribution < 1.29 is 23.8 Å². The highest BCUT2D eigenvalue weighted by Gasteiger charge is 2.27. The zero-order valence-electron chi connectivity index (χ0n) is 17.3. The van der Waals surface area contributed by atoms with Gasteiger partial charge in [0, 0.05) is 11.3 Å². The molecule has 0 aliphatic heterocycles. The molecule has 31 heavy (non-hydrogen) atoms. The molecule has 0 fully saturated rings. The molecule has 0 bridgehead atoms. The molecule has 0 spiro atoms. The van der Waals surface area contributed by atoms with Crippen LogP contribution < -0.4 is 14.8 Å². The number of hydrogen-bond donors (Lipinski definition) is 1. The van der Waals surface area contributed by atoms with Gasteiger partial charge < -0.3 is 19.5 Å². The molecule has 1 unspecified atom stereocenters. The number of ether oxygens (including phenoxy) is 3. The second-order valence-corrected chi connectivity index (χ2v) is 7.15. The van der Waals surface area contributed by atoms with Crippen molar-refractivity contribution in [2.24, 2.45) is 0 Å². The van der Waals surface area contributed by atoms with E-state index in [9.17, 15) is 9.59 Å². The van der Waals surface area contributed by atoms with Crippen molar-refractivity contribution in [1.82, 2.24) is 0 Å². The van der Waals surface area contributed by atoms with Crippen molar-refractivity contribution >= 4 is 29.2 Å². The third-order valence-corrected chi connectivity index (χ3v) is 4.83. The first-order chi connectivity index (χ1) is 14.9. The van der Waals surface area contributed by atoms with Crippen LogP contribution in [-0.4, -0.2) is 26.1 Å². The van der Waals surface area contributed by atoms with Gasteiger partial charge in [-0.05, 0) is 31.2 Å². The topological polar surface area (TPSA) is 73.9 Å². The third-order valence-electron chi connectivity index (χ3n) is 4.55. The average Bonchev–Trinajstić information content (AvgIpc) is 2.78. The van der Waals surface area contributed by atoms with E-state index in [0.717, 1.165) is 5.56 Å². The first kappa shape index (κ1) is 22.2. The number of hydrogen-bond acceptors (Lipinski definition) is 5. The highest BCUT2D eigenvalue weighted by molar-refractivity contribution is 6.32. The highest BCUT2D eigenvalue weighted by atomic mass is 35.5. The molecule has 0 heterocycles. The van der Waals surface area contributed by atoms with Crippen LogP contribution in [0.3, 0.4) is 0 Å². The Morgan fingerprint density at radius 3 is 2.23 bits per heavy atom. The number of benzene rings is 3. The van der Waals surface area contributed by atoms with E-state index in [1.807, 2.05) is 25.1 Å². The number of methoxy groups -OCH3 is 2. The predicted molar refractivity (Wildman–Crippen MR) is 119 cm³/mol. The Balaban J connectivity index is 1.88. The lowest BCUT2D eigenvalue weighted by atomic mass is 10.1. The summed E-state index contributed by atoms with van der Waals surface area (Å²) in [4.78, 5) is 25.9. The molecule has 0 radical (unpaired) electrons. The molecule has 0 aromatic heterocycles. The van der Waals surface area contributed by atoms with Gasteiger partial charge in [-0.25, -0.2) is 4.79 Å². The van der Waals surface area contributed by atoms with Gasteiger partial charge in [-0.1, -0.05) is 59.6 Å². The lowest BCUT2D eigenvalue weighted by molar-refractivity contribution is -0.125. The minimum atomic E-state index is -1.16. The van der Waals surface area contributed by atoms with Crippen LogP contribution in [0, 0.1) is 6.92 Å². The number of rotatable bonds is 7. The van der Waals surface area contributed by atoms with Gasteiger partial charge in [0.05, 0.1) is 24.8 Å². The molecule has 7 heteroatoms. The molecule has 160 valence electrons. The Bertz CT molecular complexity index is 1070. The maximum Gasteiger partial charge on any atom is 0.339 e. The Labute approximate surface area is 185 Å². The number of amides is 1. The average molecular weight is 440 g/mol. The van der Waals surface area contributed by atoms with Gasteiger partial charge in [0.1, 0.15) is 0 Å². The number of esters is 1. The van der Waals surface area contributed by atoms with Gasteiger partial charge in [0.2, 0.25) is 6.10 Å². The number of halogens is 1. The summed E-state index contributed by atoms with van der Waals surface area (Å²) < 4.78 is 16.0. The molecule has 0 aliphatic rings. The maximum absolute atomic E-state index is 13.0. The molecule has 3 rings (SSSR count). The normalized spacial score (nSPS) is 11.4. The summed E-state index contributed by atoms with van der Waals surface area (Å²) in [6.07, 6.45) is -1.16. The van der Waals surface area contributed by atoms with Crippen molar-refractivity contribution in [3.8, 4) is 11.5 Å². The summed E-state index contributed by atoms with van der Waals surface area (Å²) in [5.41, 5.74) is 2.33. The van der Waals surface area contributed by atoms with E-state index >= 15 is 0 Å². The van der Waals surface area contributed by atoms with E-state index in [2.05, 4.69) is 5.32 Å². The van der Waals surface area contributed by atoms with Gasteiger partial charge in [-0.3, -0.25) is 4.79 Å². The van der Waals surface area contributed by atoms with Crippen LogP contribution in [0.15, 0.2) is 66.7 Å². The molecular weight excluding hydrogens is 418 g/mol. The van der Waals surface area contributed by atoms with Crippen molar-refractivity contribution in [3.05, 3.63) is 88.4 Å². The van der Waals surface area contributed by atoms with Gasteiger partial charge in [-0.15, -0.1) is 0 Å². The van der Waals surface area contributed by atoms with E-state index in [0.29, 0.717) is 17.0 Å². The van der Waals surface area contributed by atoms with Gasteiger partial charge in [0.15, 0.2) is 11.5 Å². The smallest absolute Gasteiger partial charge is 0.339 e. The Morgan fingerprint density at radius 1 is 0.935 bits per heavy atom. The third kappa shape index (κ3) is 5.35. The first-order valence-corrected chi connectivity index (χ1v) is 9.85. The van der Waals surface area contributed by atoms with E-state index in [-0.39, 0.29) is 16.3 Å². The maximum atomic E-state index is 13.0. The molecule has 3 aromatic rings. The number of carbonyl (C=O) groups is 2. The standard InChI is InChI=1S/C24H22ClNO5/c1-15-9-11-18(12-10-15)26-23(27)21(16-7-5-4-6-8-16)31-24(28)17-13-19(25)22(30-3)20(14-17)29-2/h4-14,21H,1-3H3,(H,26,27). The fraction of sp³-hybridized carbons (Fsp3) is 0.167. The van der Waals surface area contributed by atoms with Crippen LogP contribution in [0.2, 0.25) is 5.02 Å². The Hall–Kier alpha value is -3.51. The number of anilines is 1. The van der Waals surface area contributed by atoms with Crippen LogP contribution in [-0.2, 0) is 9.53 Å². The molecule has 0 saturated heterocycles. The molecule has 0 saturated carbocycles. The summed E-state index contributed by atoms with van der Waals surface area (Å²) in [6.45, 7) is 1.95. The van der Waals surface area contributed by atoms with Crippen LogP contribution >= 0.6 is 11.6 Å². The number of carbonyl (C=O) groups excluding carboxylic acids is 2. The van der Waals surface area contributed by atoms with Crippen LogP contribution in [0.1, 0.15) is 27.6 Å².